The van der Waals surface area contributed by atoms with E-state index in [-0.39, 0.29) is 11.1 Å². The van der Waals surface area contributed by atoms with Gasteiger partial charge in [-0.3, -0.25) is 9.78 Å². The Morgan fingerprint density at radius 3 is 2.88 bits per heavy atom. The van der Waals surface area contributed by atoms with Crippen molar-refractivity contribution in [2.75, 3.05) is 12.4 Å². The van der Waals surface area contributed by atoms with Gasteiger partial charge in [-0.15, -0.1) is 0 Å². The van der Waals surface area contributed by atoms with E-state index in [1.165, 1.54) is 0 Å². The van der Waals surface area contributed by atoms with Crippen LogP contribution in [0.15, 0.2) is 29.3 Å². The maximum atomic E-state index is 12.2. The summed E-state index contributed by atoms with van der Waals surface area (Å²) in [7, 11) is 1.57. The number of hydrogen-bond donors (Lipinski definition) is 2. The van der Waals surface area contributed by atoms with Gasteiger partial charge in [-0.2, -0.15) is 10.1 Å². The number of hydrogen-bond acceptors (Lipinski definition) is 6. The molecule has 0 bridgehead atoms. The highest BCUT2D eigenvalue weighted by molar-refractivity contribution is 5.74. The molecule has 8 nitrogen and oxygen atoms in total. The van der Waals surface area contributed by atoms with E-state index in [1.54, 1.807) is 24.2 Å². The topological polar surface area (TPSA) is 97.7 Å². The molecule has 0 aromatic carbocycles. The van der Waals surface area contributed by atoms with E-state index in [9.17, 15) is 4.79 Å². The third-order valence-corrected chi connectivity index (χ3v) is 3.56. The molecule has 3 rings (SSSR count). The van der Waals surface area contributed by atoms with Gasteiger partial charge in [-0.05, 0) is 26.8 Å². The lowest BCUT2D eigenvalue weighted by Gasteiger charge is -2.19. The van der Waals surface area contributed by atoms with Gasteiger partial charge in [0.25, 0.3) is 5.56 Å². The van der Waals surface area contributed by atoms with Crippen molar-refractivity contribution in [3.05, 3.63) is 40.4 Å². The molecule has 0 saturated heterocycles. The number of aromatic nitrogens is 5. The molecule has 0 amide bonds. The third-order valence-electron chi connectivity index (χ3n) is 3.56. The number of ether oxygens (including phenoxy) is 1. The summed E-state index contributed by atoms with van der Waals surface area (Å²) in [5.74, 6) is 0.914. The number of anilines is 1. The molecule has 3 aromatic heterocycles. The molecule has 0 fully saturated rings. The summed E-state index contributed by atoms with van der Waals surface area (Å²) in [5, 5.41) is 7.87. The maximum absolute atomic E-state index is 12.2. The Kier molecular flexibility index (Phi) is 3.96. The number of fused-ring (bicyclic) bond motifs is 1. The summed E-state index contributed by atoms with van der Waals surface area (Å²) in [4.78, 5) is 23.6. The second kappa shape index (κ2) is 5.95. The molecule has 8 heteroatoms. The van der Waals surface area contributed by atoms with Gasteiger partial charge in [0.15, 0.2) is 5.65 Å². The molecular formula is C16H20N6O2. The summed E-state index contributed by atoms with van der Waals surface area (Å²) in [6.45, 7) is 6.46. The van der Waals surface area contributed by atoms with Crippen LogP contribution in [0.25, 0.3) is 11.0 Å². The second-order valence-electron chi connectivity index (χ2n) is 6.40. The Morgan fingerprint density at radius 1 is 1.38 bits per heavy atom. The van der Waals surface area contributed by atoms with Gasteiger partial charge in [-0.1, -0.05) is 6.07 Å². The molecule has 0 saturated carbocycles. The van der Waals surface area contributed by atoms with Crippen molar-refractivity contribution < 1.29 is 4.74 Å². The monoisotopic (exact) mass is 328 g/mol. The van der Waals surface area contributed by atoms with Crippen LogP contribution < -0.4 is 15.6 Å². The summed E-state index contributed by atoms with van der Waals surface area (Å²) >= 11 is 0. The smallest absolute Gasteiger partial charge is 0.263 e. The number of nitrogens with one attached hydrogen (secondary N) is 2. The minimum Gasteiger partial charge on any atom is -0.481 e. The highest BCUT2D eigenvalue weighted by Crippen LogP contribution is 2.19. The van der Waals surface area contributed by atoms with Gasteiger partial charge in [0, 0.05) is 18.3 Å². The predicted octanol–water partition coefficient (Wildman–Crippen LogP) is 1.89. The highest BCUT2D eigenvalue weighted by atomic mass is 16.5. The van der Waals surface area contributed by atoms with Gasteiger partial charge < -0.3 is 10.1 Å². The number of pyridine rings is 1. The van der Waals surface area contributed by atoms with Crippen molar-refractivity contribution >= 4 is 17.0 Å². The first-order chi connectivity index (χ1) is 11.4. The molecule has 0 aliphatic heterocycles. The first-order valence-corrected chi connectivity index (χ1v) is 7.60. The van der Waals surface area contributed by atoms with Crippen molar-refractivity contribution in [2.45, 2.75) is 32.9 Å². The normalized spacial score (nSPS) is 11.7. The van der Waals surface area contributed by atoms with E-state index in [0.29, 0.717) is 29.4 Å². The summed E-state index contributed by atoms with van der Waals surface area (Å²) in [6, 6.07) is 3.72. The number of aromatic amines is 1. The van der Waals surface area contributed by atoms with Gasteiger partial charge in [0.05, 0.1) is 18.8 Å². The molecule has 0 spiro atoms. The average molecular weight is 328 g/mol. The second-order valence-corrected chi connectivity index (χ2v) is 6.40. The van der Waals surface area contributed by atoms with E-state index < -0.39 is 0 Å². The largest absolute Gasteiger partial charge is 0.481 e. The molecule has 3 heterocycles. The van der Waals surface area contributed by atoms with Gasteiger partial charge in [0.1, 0.15) is 5.39 Å². The maximum Gasteiger partial charge on any atom is 0.263 e. The number of rotatable bonds is 4. The van der Waals surface area contributed by atoms with Crippen LogP contribution in [0.5, 0.6) is 5.88 Å². The zero-order valence-electron chi connectivity index (χ0n) is 14.1. The van der Waals surface area contributed by atoms with E-state index in [2.05, 4.69) is 25.4 Å². The molecule has 3 aromatic rings. The molecule has 126 valence electrons. The molecular weight excluding hydrogens is 308 g/mol. The fourth-order valence-corrected chi connectivity index (χ4v) is 2.41. The Balaban J connectivity index is 1.94. The lowest BCUT2D eigenvalue weighted by atomic mass is 10.1. The molecule has 2 N–H and O–H groups in total. The van der Waals surface area contributed by atoms with Gasteiger partial charge in [-0.25, -0.2) is 9.67 Å². The summed E-state index contributed by atoms with van der Waals surface area (Å²) < 4.78 is 6.97. The van der Waals surface area contributed by atoms with Crippen LogP contribution in [-0.4, -0.2) is 31.8 Å². The SMILES string of the molecule is COc1ncccc1CNc1nc2c(cnn2C(C)(C)C)c(=O)[nH]1. The molecule has 0 aliphatic carbocycles. The van der Waals surface area contributed by atoms with E-state index in [4.69, 9.17) is 4.74 Å². The summed E-state index contributed by atoms with van der Waals surface area (Å²) in [5.41, 5.74) is 0.918. The number of H-pyrrole nitrogens is 1. The number of nitrogens with zero attached hydrogens (tertiary/aromatic N) is 4. The molecule has 0 aliphatic rings. The van der Waals surface area contributed by atoms with Crippen LogP contribution in [-0.2, 0) is 12.1 Å². The lowest BCUT2D eigenvalue weighted by Crippen LogP contribution is -2.24. The minimum atomic E-state index is -0.271. The van der Waals surface area contributed by atoms with Gasteiger partial charge >= 0.3 is 0 Å². The van der Waals surface area contributed by atoms with E-state index in [0.717, 1.165) is 5.56 Å². The Labute approximate surface area is 138 Å². The van der Waals surface area contributed by atoms with E-state index >= 15 is 0 Å². The van der Waals surface area contributed by atoms with Crippen LogP contribution in [0.3, 0.4) is 0 Å². The standard InChI is InChI=1S/C16H20N6O2/c1-16(2,3)22-12-11(9-19-22)13(23)21-15(20-12)18-8-10-6-5-7-17-14(10)24-4/h5-7,9H,8H2,1-4H3,(H2,18,20,21,23). The zero-order valence-corrected chi connectivity index (χ0v) is 14.1. The first-order valence-electron chi connectivity index (χ1n) is 7.60. The van der Waals surface area contributed by atoms with E-state index in [1.807, 2.05) is 32.9 Å². The lowest BCUT2D eigenvalue weighted by molar-refractivity contribution is 0.366. The molecule has 24 heavy (non-hydrogen) atoms. The fourth-order valence-electron chi connectivity index (χ4n) is 2.41. The van der Waals surface area contributed by atoms with Crippen LogP contribution in [0.1, 0.15) is 26.3 Å². The minimum absolute atomic E-state index is 0.226. The molecule has 0 radical (unpaired) electrons. The molecule has 0 atom stereocenters. The average Bonchev–Trinajstić information content (AvgIpc) is 2.98. The Bertz CT molecular complexity index is 922. The fraction of sp³-hybridized carbons (Fsp3) is 0.375. The van der Waals surface area contributed by atoms with Crippen molar-refractivity contribution in [2.24, 2.45) is 0 Å². The van der Waals surface area contributed by atoms with Crippen LogP contribution >= 0.6 is 0 Å². The third kappa shape index (κ3) is 2.94. The van der Waals surface area contributed by atoms with Crippen molar-refractivity contribution in [3.8, 4) is 5.88 Å². The van der Waals surface area contributed by atoms with Crippen molar-refractivity contribution in [1.82, 2.24) is 24.7 Å². The zero-order chi connectivity index (χ0) is 17.3. The quantitative estimate of drug-likeness (QED) is 0.759. The predicted molar refractivity (Wildman–Crippen MR) is 91.3 cm³/mol. The van der Waals surface area contributed by atoms with Crippen molar-refractivity contribution in [3.63, 3.8) is 0 Å². The highest BCUT2D eigenvalue weighted by Gasteiger charge is 2.19. The summed E-state index contributed by atoms with van der Waals surface area (Å²) in [6.07, 6.45) is 3.21. The van der Waals surface area contributed by atoms with Crippen LogP contribution in [0, 0.1) is 0 Å². The van der Waals surface area contributed by atoms with Gasteiger partial charge in [0.2, 0.25) is 11.8 Å². The Morgan fingerprint density at radius 2 is 2.17 bits per heavy atom. The number of methoxy groups -OCH3 is 1. The van der Waals surface area contributed by atoms with Crippen LogP contribution in [0.2, 0.25) is 0 Å². The van der Waals surface area contributed by atoms with Crippen LogP contribution in [0.4, 0.5) is 5.95 Å². The molecule has 0 unspecified atom stereocenters. The van der Waals surface area contributed by atoms with Crippen molar-refractivity contribution in [1.29, 1.82) is 0 Å². The first kappa shape index (κ1) is 16.0. The Hall–Kier alpha value is -2.90.